The summed E-state index contributed by atoms with van der Waals surface area (Å²) in [5.41, 5.74) is 2.87. The molecule has 2 nitrogen and oxygen atoms in total. The Kier molecular flexibility index (Phi) is 5.87. The maximum atomic E-state index is 3.40. The summed E-state index contributed by atoms with van der Waals surface area (Å²) >= 11 is 0. The molecule has 0 aromatic heterocycles. The van der Waals surface area contributed by atoms with E-state index in [2.05, 4.69) is 48.3 Å². The van der Waals surface area contributed by atoms with E-state index >= 15 is 0 Å². The van der Waals surface area contributed by atoms with Crippen molar-refractivity contribution >= 4 is 0 Å². The van der Waals surface area contributed by atoms with Crippen molar-refractivity contribution in [1.29, 1.82) is 0 Å². The van der Waals surface area contributed by atoms with Crippen molar-refractivity contribution < 1.29 is 0 Å². The molecule has 2 rings (SSSR count). The molecular formula is C17H28N2. The molecule has 1 N–H and O–H groups in total. The smallest absolute Gasteiger partial charge is 0.0236 e. The normalized spacial score (nSPS) is 16.4. The fraction of sp³-hybridized carbons (Fsp3) is 0.647. The van der Waals surface area contributed by atoms with Gasteiger partial charge in [-0.3, -0.25) is 4.90 Å². The van der Waals surface area contributed by atoms with Crippen molar-refractivity contribution in [2.24, 2.45) is 0 Å². The van der Waals surface area contributed by atoms with E-state index in [1.54, 1.807) is 0 Å². The first-order chi connectivity index (χ1) is 9.33. The Labute approximate surface area is 118 Å². The van der Waals surface area contributed by atoms with Gasteiger partial charge in [0.15, 0.2) is 0 Å². The maximum Gasteiger partial charge on any atom is 0.0236 e. The zero-order valence-corrected chi connectivity index (χ0v) is 12.5. The third kappa shape index (κ3) is 4.32. The van der Waals surface area contributed by atoms with Crippen molar-refractivity contribution in [2.75, 3.05) is 13.1 Å². The Morgan fingerprint density at radius 1 is 1.16 bits per heavy atom. The molecule has 0 saturated heterocycles. The quantitative estimate of drug-likeness (QED) is 0.806. The summed E-state index contributed by atoms with van der Waals surface area (Å²) in [6, 6.07) is 9.87. The van der Waals surface area contributed by atoms with E-state index in [1.165, 1.54) is 43.4 Å². The molecule has 0 radical (unpaired) electrons. The van der Waals surface area contributed by atoms with Gasteiger partial charge < -0.3 is 5.32 Å². The highest BCUT2D eigenvalue weighted by atomic mass is 15.1. The number of hydrogen-bond donors (Lipinski definition) is 1. The Morgan fingerprint density at radius 2 is 1.89 bits per heavy atom. The third-order valence-corrected chi connectivity index (χ3v) is 4.20. The molecule has 1 saturated carbocycles. The molecule has 1 aromatic carbocycles. The van der Waals surface area contributed by atoms with Gasteiger partial charge in [0.2, 0.25) is 0 Å². The van der Waals surface area contributed by atoms with E-state index in [9.17, 15) is 0 Å². The predicted molar refractivity (Wildman–Crippen MR) is 82.2 cm³/mol. The van der Waals surface area contributed by atoms with Crippen molar-refractivity contribution in [3.8, 4) is 0 Å². The SMILES string of the molecule is CCNCc1cccc(CN(CC)C2CCCC2)c1. The van der Waals surface area contributed by atoms with Gasteiger partial charge in [-0.25, -0.2) is 0 Å². The van der Waals surface area contributed by atoms with Crippen LogP contribution in [0.4, 0.5) is 0 Å². The van der Waals surface area contributed by atoms with Crippen LogP contribution in [0.15, 0.2) is 24.3 Å². The molecule has 0 heterocycles. The number of hydrogen-bond acceptors (Lipinski definition) is 2. The molecule has 0 bridgehead atoms. The van der Waals surface area contributed by atoms with Gasteiger partial charge in [0.1, 0.15) is 0 Å². The molecule has 19 heavy (non-hydrogen) atoms. The van der Waals surface area contributed by atoms with Gasteiger partial charge in [0.25, 0.3) is 0 Å². The molecule has 1 aliphatic rings. The lowest BCUT2D eigenvalue weighted by Crippen LogP contribution is -2.32. The Hall–Kier alpha value is -0.860. The molecule has 0 spiro atoms. The molecule has 106 valence electrons. The van der Waals surface area contributed by atoms with Crippen LogP contribution in [-0.4, -0.2) is 24.0 Å². The van der Waals surface area contributed by atoms with Crippen LogP contribution in [0, 0.1) is 0 Å². The highest BCUT2D eigenvalue weighted by Gasteiger charge is 2.21. The minimum absolute atomic E-state index is 0.822. The molecule has 1 aliphatic carbocycles. The lowest BCUT2D eigenvalue weighted by molar-refractivity contribution is 0.200. The van der Waals surface area contributed by atoms with Crippen LogP contribution in [0.3, 0.4) is 0 Å². The van der Waals surface area contributed by atoms with E-state index < -0.39 is 0 Å². The van der Waals surface area contributed by atoms with Crippen LogP contribution < -0.4 is 5.32 Å². The molecule has 0 amide bonds. The maximum absolute atomic E-state index is 3.40. The van der Waals surface area contributed by atoms with Gasteiger partial charge in [0.05, 0.1) is 0 Å². The third-order valence-electron chi connectivity index (χ3n) is 4.20. The largest absolute Gasteiger partial charge is 0.313 e. The highest BCUT2D eigenvalue weighted by molar-refractivity contribution is 5.23. The second kappa shape index (κ2) is 7.66. The molecule has 1 fully saturated rings. The molecular weight excluding hydrogens is 232 g/mol. The van der Waals surface area contributed by atoms with Crippen molar-refractivity contribution in [3.63, 3.8) is 0 Å². The number of nitrogens with one attached hydrogen (secondary N) is 1. The van der Waals surface area contributed by atoms with Crippen LogP contribution >= 0.6 is 0 Å². The van der Waals surface area contributed by atoms with E-state index in [0.717, 1.165) is 25.7 Å². The van der Waals surface area contributed by atoms with E-state index in [-0.39, 0.29) is 0 Å². The van der Waals surface area contributed by atoms with Gasteiger partial charge in [-0.15, -0.1) is 0 Å². The van der Waals surface area contributed by atoms with E-state index in [1.807, 2.05) is 0 Å². The van der Waals surface area contributed by atoms with Crippen molar-refractivity contribution in [3.05, 3.63) is 35.4 Å². The summed E-state index contributed by atoms with van der Waals surface area (Å²) in [6.07, 6.45) is 5.62. The second-order valence-corrected chi connectivity index (χ2v) is 5.60. The van der Waals surface area contributed by atoms with Gasteiger partial charge in [0, 0.05) is 19.1 Å². The van der Waals surface area contributed by atoms with E-state index in [0.29, 0.717) is 0 Å². The lowest BCUT2D eigenvalue weighted by atomic mass is 10.1. The Morgan fingerprint density at radius 3 is 2.58 bits per heavy atom. The summed E-state index contributed by atoms with van der Waals surface area (Å²) < 4.78 is 0. The molecule has 1 aromatic rings. The molecule has 0 unspecified atom stereocenters. The summed E-state index contributed by atoms with van der Waals surface area (Å²) in [6.45, 7) is 8.75. The average molecular weight is 260 g/mol. The first-order valence-electron chi connectivity index (χ1n) is 7.86. The topological polar surface area (TPSA) is 15.3 Å². The Bertz CT molecular complexity index is 369. The average Bonchev–Trinajstić information content (AvgIpc) is 2.97. The first-order valence-corrected chi connectivity index (χ1v) is 7.86. The van der Waals surface area contributed by atoms with Gasteiger partial charge in [-0.05, 0) is 37.1 Å². The van der Waals surface area contributed by atoms with E-state index in [4.69, 9.17) is 0 Å². The number of nitrogens with zero attached hydrogens (tertiary/aromatic N) is 1. The lowest BCUT2D eigenvalue weighted by Gasteiger charge is -2.27. The zero-order valence-electron chi connectivity index (χ0n) is 12.5. The van der Waals surface area contributed by atoms with Crippen LogP contribution in [0.1, 0.15) is 50.7 Å². The summed E-state index contributed by atoms with van der Waals surface area (Å²) in [7, 11) is 0. The summed E-state index contributed by atoms with van der Waals surface area (Å²) in [5, 5.41) is 3.40. The first kappa shape index (κ1) is 14.5. The monoisotopic (exact) mass is 260 g/mol. The molecule has 2 heteroatoms. The van der Waals surface area contributed by atoms with Gasteiger partial charge in [-0.1, -0.05) is 51.0 Å². The van der Waals surface area contributed by atoms with Crippen molar-refractivity contribution in [2.45, 2.75) is 58.7 Å². The molecule has 0 atom stereocenters. The number of rotatable bonds is 7. The fourth-order valence-electron chi connectivity index (χ4n) is 3.11. The minimum Gasteiger partial charge on any atom is -0.313 e. The zero-order chi connectivity index (χ0) is 13.5. The summed E-state index contributed by atoms with van der Waals surface area (Å²) in [4.78, 5) is 2.65. The highest BCUT2D eigenvalue weighted by Crippen LogP contribution is 2.24. The van der Waals surface area contributed by atoms with Crippen LogP contribution in [0.5, 0.6) is 0 Å². The van der Waals surface area contributed by atoms with Gasteiger partial charge >= 0.3 is 0 Å². The minimum atomic E-state index is 0.822. The van der Waals surface area contributed by atoms with Crippen LogP contribution in [0.25, 0.3) is 0 Å². The predicted octanol–water partition coefficient (Wildman–Crippen LogP) is 3.56. The standard InChI is InChI=1S/C17H28N2/c1-3-18-13-15-8-7-9-16(12-15)14-19(4-2)17-10-5-6-11-17/h7-9,12,17-18H,3-6,10-11,13-14H2,1-2H3. The number of benzene rings is 1. The van der Waals surface area contributed by atoms with Crippen LogP contribution in [-0.2, 0) is 13.1 Å². The second-order valence-electron chi connectivity index (χ2n) is 5.60. The molecule has 0 aliphatic heterocycles. The fourth-order valence-corrected chi connectivity index (χ4v) is 3.11. The van der Waals surface area contributed by atoms with Crippen molar-refractivity contribution in [1.82, 2.24) is 10.2 Å². The summed E-state index contributed by atoms with van der Waals surface area (Å²) in [5.74, 6) is 0. The van der Waals surface area contributed by atoms with Crippen LogP contribution in [0.2, 0.25) is 0 Å². The Balaban J connectivity index is 1.96. The van der Waals surface area contributed by atoms with Gasteiger partial charge in [-0.2, -0.15) is 0 Å².